The fourth-order valence-corrected chi connectivity index (χ4v) is 8.34. The Kier molecular flexibility index (Phi) is 15.7. The lowest BCUT2D eigenvalue weighted by atomic mass is 9.85. The first-order chi connectivity index (χ1) is 30.1. The number of methoxy groups -OCH3 is 2. The molecule has 3 aromatic carbocycles. The number of halogens is 1. The molecule has 2 aliphatic rings. The van der Waals surface area contributed by atoms with E-state index in [1.807, 2.05) is 79.7 Å². The van der Waals surface area contributed by atoms with Crippen molar-refractivity contribution in [2.24, 2.45) is 10.8 Å². The van der Waals surface area contributed by atoms with Crippen LogP contribution >= 0.6 is 0 Å². The molecule has 346 valence electrons. The van der Waals surface area contributed by atoms with Crippen LogP contribution in [0.15, 0.2) is 72.8 Å². The molecule has 0 aromatic heterocycles. The number of hydrogen-bond donors (Lipinski definition) is 4. The van der Waals surface area contributed by atoms with Crippen molar-refractivity contribution in [3.63, 3.8) is 0 Å². The molecule has 0 radical (unpaired) electrons. The second-order valence-corrected chi connectivity index (χ2v) is 19.0. The summed E-state index contributed by atoms with van der Waals surface area (Å²) in [6.45, 7) is 15.7. The van der Waals surface area contributed by atoms with Crippen LogP contribution in [0.5, 0.6) is 0 Å². The molecule has 6 atom stereocenters. The maximum atomic E-state index is 14.0. The number of anilines is 3. The van der Waals surface area contributed by atoms with E-state index < -0.39 is 47.2 Å². The van der Waals surface area contributed by atoms with Crippen molar-refractivity contribution in [3.8, 4) is 0 Å². The van der Waals surface area contributed by atoms with Gasteiger partial charge in [0.2, 0.25) is 23.6 Å². The molecular formula is C48H64FN7O8. The molecule has 16 heteroatoms. The summed E-state index contributed by atoms with van der Waals surface area (Å²) in [4.78, 5) is 84.6. The smallest absolute Gasteiger partial charge is 0.407 e. The highest BCUT2D eigenvalue weighted by Crippen LogP contribution is 2.32. The monoisotopic (exact) mass is 885 g/mol. The van der Waals surface area contributed by atoms with Crippen molar-refractivity contribution in [1.29, 1.82) is 0 Å². The van der Waals surface area contributed by atoms with Crippen molar-refractivity contribution in [2.45, 2.75) is 130 Å². The van der Waals surface area contributed by atoms with E-state index in [0.29, 0.717) is 50.1 Å². The van der Waals surface area contributed by atoms with Crippen LogP contribution in [0.3, 0.4) is 0 Å². The summed E-state index contributed by atoms with van der Waals surface area (Å²) in [5, 5.41) is 11.3. The van der Waals surface area contributed by atoms with Crippen LogP contribution in [0.1, 0.15) is 92.2 Å². The third-order valence-corrected chi connectivity index (χ3v) is 12.0. The van der Waals surface area contributed by atoms with Gasteiger partial charge in [0.1, 0.15) is 30.0 Å². The van der Waals surface area contributed by atoms with Crippen LogP contribution in [0.2, 0.25) is 0 Å². The number of carbonyl (C=O) groups is 6. The predicted octanol–water partition coefficient (Wildman–Crippen LogP) is 7.21. The zero-order chi connectivity index (χ0) is 47.1. The summed E-state index contributed by atoms with van der Waals surface area (Å²) in [5.41, 5.74) is 2.44. The van der Waals surface area contributed by atoms with Gasteiger partial charge in [0, 0.05) is 42.2 Å². The van der Waals surface area contributed by atoms with Crippen molar-refractivity contribution in [2.75, 3.05) is 29.8 Å². The molecule has 2 saturated heterocycles. The summed E-state index contributed by atoms with van der Waals surface area (Å²) in [6, 6.07) is 17.3. The topological polar surface area (TPSA) is 179 Å². The van der Waals surface area contributed by atoms with Crippen molar-refractivity contribution >= 4 is 52.9 Å². The minimum absolute atomic E-state index is 0.211. The van der Waals surface area contributed by atoms with E-state index in [4.69, 9.17) is 9.47 Å². The summed E-state index contributed by atoms with van der Waals surface area (Å²) in [5.74, 6) is -1.71. The molecule has 6 unspecified atom stereocenters. The van der Waals surface area contributed by atoms with Crippen LogP contribution in [-0.2, 0) is 41.7 Å². The molecule has 4 N–H and O–H groups in total. The highest BCUT2D eigenvalue weighted by atomic mass is 19.1. The highest BCUT2D eigenvalue weighted by Gasteiger charge is 2.46. The normalized spacial score (nSPS) is 19.5. The molecule has 5 rings (SSSR count). The van der Waals surface area contributed by atoms with Gasteiger partial charge in [-0.25, -0.2) is 14.0 Å². The third-order valence-electron chi connectivity index (χ3n) is 12.0. The highest BCUT2D eigenvalue weighted by molar-refractivity contribution is 6.00. The molecule has 6 amide bonds. The first kappa shape index (κ1) is 48.8. The molecule has 2 fully saturated rings. The second-order valence-electron chi connectivity index (χ2n) is 19.0. The average Bonchev–Trinajstić information content (AvgIpc) is 3.83. The molecule has 15 nitrogen and oxygen atoms in total. The van der Waals surface area contributed by atoms with E-state index in [0.717, 1.165) is 16.8 Å². The molecule has 0 spiro atoms. The van der Waals surface area contributed by atoms with Crippen molar-refractivity contribution < 1.29 is 42.6 Å². The van der Waals surface area contributed by atoms with E-state index in [2.05, 4.69) is 26.2 Å². The quantitative estimate of drug-likeness (QED) is 0.138. The van der Waals surface area contributed by atoms with Crippen LogP contribution < -0.4 is 26.2 Å². The van der Waals surface area contributed by atoms with Crippen LogP contribution in [-0.4, -0.2) is 96.1 Å². The summed E-state index contributed by atoms with van der Waals surface area (Å²) in [7, 11) is 2.47. The average molecular weight is 886 g/mol. The SMILES string of the molecule is COC(=O)NC(C(=O)N1C(C)CCC1C(=O)Nc1ccc(CN(Cc2ccc(NC(=O)C3CCC(C)N3C(=O)C(NC(=O)OC)C(C)(C)C)cc2)c2ccc(F)cc2)cc1)C(C)(C)C. The Labute approximate surface area is 375 Å². The van der Waals surface area contributed by atoms with Gasteiger partial charge >= 0.3 is 12.2 Å². The first-order valence-corrected chi connectivity index (χ1v) is 21.7. The largest absolute Gasteiger partial charge is 0.453 e. The lowest BCUT2D eigenvalue weighted by Crippen LogP contribution is -2.58. The van der Waals surface area contributed by atoms with Gasteiger partial charge in [0.05, 0.1) is 14.2 Å². The minimum Gasteiger partial charge on any atom is -0.453 e. The van der Waals surface area contributed by atoms with Crippen molar-refractivity contribution in [1.82, 2.24) is 20.4 Å². The maximum absolute atomic E-state index is 14.0. The number of nitrogens with zero attached hydrogens (tertiary/aromatic N) is 3. The minimum atomic E-state index is -0.902. The van der Waals surface area contributed by atoms with Gasteiger partial charge < -0.3 is 45.4 Å². The number of ether oxygens (including phenoxy) is 2. The fraction of sp³-hybridized carbons (Fsp3) is 0.500. The van der Waals surface area contributed by atoms with Gasteiger partial charge in [-0.3, -0.25) is 19.2 Å². The van der Waals surface area contributed by atoms with Gasteiger partial charge in [0.25, 0.3) is 0 Å². The number of benzene rings is 3. The molecule has 2 aliphatic heterocycles. The number of likely N-dealkylation sites (tertiary alicyclic amines) is 2. The Morgan fingerprint density at radius 2 is 0.969 bits per heavy atom. The predicted molar refractivity (Wildman–Crippen MR) is 243 cm³/mol. The number of hydrogen-bond acceptors (Lipinski definition) is 9. The van der Waals surface area contributed by atoms with Gasteiger partial charge in [-0.2, -0.15) is 0 Å². The van der Waals surface area contributed by atoms with Gasteiger partial charge in [-0.15, -0.1) is 0 Å². The Balaban J connectivity index is 1.25. The molecule has 0 bridgehead atoms. The lowest BCUT2D eigenvalue weighted by Gasteiger charge is -2.36. The van der Waals surface area contributed by atoms with Gasteiger partial charge in [-0.05, 0) is 110 Å². The van der Waals surface area contributed by atoms with Gasteiger partial charge in [0.15, 0.2) is 0 Å². The second kappa shape index (κ2) is 20.5. The Bertz CT molecular complexity index is 2010. The zero-order valence-electron chi connectivity index (χ0n) is 38.6. The maximum Gasteiger partial charge on any atom is 0.407 e. The molecular weight excluding hydrogens is 822 g/mol. The molecule has 64 heavy (non-hydrogen) atoms. The van der Waals surface area contributed by atoms with Crippen LogP contribution in [0.25, 0.3) is 0 Å². The Morgan fingerprint density at radius 1 is 0.609 bits per heavy atom. The molecule has 2 heterocycles. The Hall–Kier alpha value is -6.19. The standard InChI is InChI=1S/C48H64FN7O8/c1-29-11-25-37(55(29)43(59)39(47(3,4)5)52-45(61)63-9)41(57)50-34-19-13-31(14-20-34)27-54(36-23-17-33(49)18-24-36)28-32-15-21-35(22-16-32)51-42(58)38-26-12-30(2)56(38)44(60)40(48(6,7)8)53-46(62)64-10/h13-24,29-30,37-40H,11-12,25-28H2,1-10H3,(H,50,57)(H,51,58)(H,52,61)(H,53,62). The number of amides is 6. The van der Waals surface area contributed by atoms with Crippen LogP contribution in [0, 0.1) is 16.6 Å². The Morgan fingerprint density at radius 3 is 1.30 bits per heavy atom. The number of nitrogens with one attached hydrogen (secondary N) is 4. The number of rotatable bonds is 13. The zero-order valence-corrected chi connectivity index (χ0v) is 38.6. The summed E-state index contributed by atoms with van der Waals surface area (Å²) >= 11 is 0. The summed E-state index contributed by atoms with van der Waals surface area (Å²) in [6.07, 6.45) is 0.764. The molecule has 3 aromatic rings. The third kappa shape index (κ3) is 12.1. The summed E-state index contributed by atoms with van der Waals surface area (Å²) < 4.78 is 23.6. The van der Waals surface area contributed by atoms with E-state index >= 15 is 0 Å². The van der Waals surface area contributed by atoms with E-state index in [9.17, 15) is 33.2 Å². The van der Waals surface area contributed by atoms with Crippen molar-refractivity contribution in [3.05, 3.63) is 89.7 Å². The molecule has 0 saturated carbocycles. The number of alkyl carbamates (subject to hydrolysis) is 2. The van der Waals surface area contributed by atoms with Gasteiger partial charge in [-0.1, -0.05) is 65.8 Å². The first-order valence-electron chi connectivity index (χ1n) is 21.7. The van der Waals surface area contributed by atoms with E-state index in [1.165, 1.54) is 26.4 Å². The van der Waals surface area contributed by atoms with Crippen LogP contribution in [0.4, 0.5) is 31.0 Å². The fourth-order valence-electron chi connectivity index (χ4n) is 8.34. The lowest BCUT2D eigenvalue weighted by molar-refractivity contribution is -0.142. The molecule has 0 aliphatic carbocycles. The number of carbonyl (C=O) groups excluding carboxylic acids is 6. The van der Waals surface area contributed by atoms with E-state index in [-0.39, 0.29) is 41.5 Å². The van der Waals surface area contributed by atoms with E-state index in [1.54, 1.807) is 46.2 Å².